The van der Waals surface area contributed by atoms with Crippen LogP contribution in [0.3, 0.4) is 0 Å². The monoisotopic (exact) mass is 277 g/mol. The van der Waals surface area contributed by atoms with Gasteiger partial charge in [0.1, 0.15) is 5.75 Å². The Hall–Kier alpha value is -2.08. The van der Waals surface area contributed by atoms with Crippen molar-refractivity contribution in [2.24, 2.45) is 5.73 Å². The lowest BCUT2D eigenvalue weighted by Gasteiger charge is -2.27. The number of nitrogens with zero attached hydrogens (tertiary/aromatic N) is 1. The van der Waals surface area contributed by atoms with Crippen LogP contribution in [-0.4, -0.2) is 37.5 Å². The smallest absolute Gasteiger partial charge is 0.325 e. The van der Waals surface area contributed by atoms with Gasteiger partial charge < -0.3 is 15.8 Å². The second-order valence-corrected chi connectivity index (χ2v) is 4.79. The zero-order valence-corrected chi connectivity index (χ0v) is 11.9. The maximum Gasteiger partial charge on any atom is 0.325 e. The number of aryl methyl sites for hydroxylation is 1. The fourth-order valence-corrected chi connectivity index (χ4v) is 2.44. The summed E-state index contributed by atoms with van der Waals surface area (Å²) in [5, 5.41) is 2.69. The molecule has 0 spiro atoms. The molecule has 1 atom stereocenters. The maximum atomic E-state index is 12.4. The summed E-state index contributed by atoms with van der Waals surface area (Å²) in [6.45, 7) is 1.99. The van der Waals surface area contributed by atoms with Crippen molar-refractivity contribution in [3.8, 4) is 5.75 Å². The van der Waals surface area contributed by atoms with Crippen molar-refractivity contribution in [1.82, 2.24) is 10.2 Å². The van der Waals surface area contributed by atoms with Crippen molar-refractivity contribution < 1.29 is 14.3 Å². The largest absolute Gasteiger partial charge is 0.496 e. The van der Waals surface area contributed by atoms with Crippen LogP contribution in [0.5, 0.6) is 5.75 Å². The summed E-state index contributed by atoms with van der Waals surface area (Å²) >= 11 is 0. The molecule has 0 aliphatic carbocycles. The first-order valence-electron chi connectivity index (χ1n) is 6.48. The van der Waals surface area contributed by atoms with Crippen LogP contribution >= 0.6 is 0 Å². The number of nitrogens with two attached hydrogens (primary N) is 1. The Morgan fingerprint density at radius 2 is 2.10 bits per heavy atom. The van der Waals surface area contributed by atoms with Gasteiger partial charge in [0.2, 0.25) is 0 Å². The maximum absolute atomic E-state index is 12.4. The molecule has 1 fully saturated rings. The third-order valence-corrected chi connectivity index (χ3v) is 3.73. The summed E-state index contributed by atoms with van der Waals surface area (Å²) in [4.78, 5) is 25.3. The van der Waals surface area contributed by atoms with Crippen molar-refractivity contribution in [3.63, 3.8) is 0 Å². The van der Waals surface area contributed by atoms with Gasteiger partial charge in [-0.3, -0.25) is 9.69 Å². The molecule has 0 saturated carbocycles. The summed E-state index contributed by atoms with van der Waals surface area (Å²) in [5.74, 6) is 0.174. The highest BCUT2D eigenvalue weighted by atomic mass is 16.5. The fourth-order valence-electron chi connectivity index (χ4n) is 2.44. The molecule has 1 aromatic carbocycles. The Bertz CT molecular complexity index is 559. The first-order valence-corrected chi connectivity index (χ1v) is 6.48. The number of hydrogen-bond acceptors (Lipinski definition) is 4. The summed E-state index contributed by atoms with van der Waals surface area (Å²) in [5.41, 5.74) is 6.21. The van der Waals surface area contributed by atoms with Crippen molar-refractivity contribution in [1.29, 1.82) is 0 Å². The van der Waals surface area contributed by atoms with Gasteiger partial charge >= 0.3 is 6.03 Å². The third kappa shape index (κ3) is 1.92. The van der Waals surface area contributed by atoms with E-state index in [4.69, 9.17) is 10.5 Å². The molecule has 108 valence electrons. The Morgan fingerprint density at radius 3 is 2.55 bits per heavy atom. The fraction of sp³-hybridized carbons (Fsp3) is 0.429. The number of methoxy groups -OCH3 is 1. The number of imide groups is 1. The number of carbonyl (C=O) groups excluding carboxylic acids is 2. The molecule has 6 nitrogen and oxygen atoms in total. The van der Waals surface area contributed by atoms with Crippen molar-refractivity contribution >= 4 is 11.9 Å². The van der Waals surface area contributed by atoms with Crippen molar-refractivity contribution in [2.45, 2.75) is 18.9 Å². The minimum atomic E-state index is -1.25. The van der Waals surface area contributed by atoms with E-state index in [9.17, 15) is 9.59 Å². The molecule has 1 aliphatic heterocycles. The summed E-state index contributed by atoms with van der Waals surface area (Å²) < 4.78 is 5.33. The zero-order chi connectivity index (χ0) is 14.9. The van der Waals surface area contributed by atoms with E-state index in [0.29, 0.717) is 11.3 Å². The third-order valence-electron chi connectivity index (χ3n) is 3.73. The van der Waals surface area contributed by atoms with E-state index in [-0.39, 0.29) is 12.5 Å². The first-order chi connectivity index (χ1) is 9.50. The van der Waals surface area contributed by atoms with Crippen LogP contribution in [0, 0.1) is 0 Å². The molecule has 1 heterocycles. The van der Waals surface area contributed by atoms with Gasteiger partial charge in [0.05, 0.1) is 7.11 Å². The van der Waals surface area contributed by atoms with Crippen LogP contribution < -0.4 is 15.8 Å². The van der Waals surface area contributed by atoms with E-state index in [1.807, 2.05) is 19.1 Å². The molecule has 6 heteroatoms. The Balaban J connectivity index is 2.63. The van der Waals surface area contributed by atoms with Gasteiger partial charge in [-0.1, -0.05) is 13.0 Å². The number of benzene rings is 1. The number of hydrogen-bond donors (Lipinski definition) is 2. The Labute approximate surface area is 117 Å². The van der Waals surface area contributed by atoms with E-state index < -0.39 is 11.6 Å². The van der Waals surface area contributed by atoms with Crippen LogP contribution in [0.15, 0.2) is 18.2 Å². The predicted molar refractivity (Wildman–Crippen MR) is 74.4 cm³/mol. The Morgan fingerprint density at radius 1 is 1.40 bits per heavy atom. The predicted octanol–water partition coefficient (Wildman–Crippen LogP) is 0.593. The van der Waals surface area contributed by atoms with Crippen LogP contribution in [0.4, 0.5) is 4.79 Å². The number of amides is 3. The highest BCUT2D eigenvalue weighted by molar-refractivity contribution is 6.07. The lowest BCUT2D eigenvalue weighted by Crippen LogP contribution is -2.50. The highest BCUT2D eigenvalue weighted by Gasteiger charge is 2.51. The molecule has 2 rings (SSSR count). The molecule has 0 radical (unpaired) electrons. The standard InChI is InChI=1S/C14H19N3O3/c1-4-9-5-6-11(20-3)10(7-9)14(8-15)12(18)17(2)13(19)16-14/h5-7H,4,8,15H2,1-3H3,(H,16,19). The van der Waals surface area contributed by atoms with Gasteiger partial charge in [-0.15, -0.1) is 0 Å². The average Bonchev–Trinajstić information content (AvgIpc) is 2.71. The van der Waals surface area contributed by atoms with Gasteiger partial charge in [0, 0.05) is 19.2 Å². The van der Waals surface area contributed by atoms with Crippen LogP contribution in [0.1, 0.15) is 18.1 Å². The van der Waals surface area contributed by atoms with Crippen LogP contribution in [-0.2, 0) is 16.8 Å². The second kappa shape index (κ2) is 5.13. The lowest BCUT2D eigenvalue weighted by molar-refractivity contribution is -0.130. The summed E-state index contributed by atoms with van der Waals surface area (Å²) in [6.07, 6.45) is 0.815. The normalized spacial score (nSPS) is 22.1. The topological polar surface area (TPSA) is 84.7 Å². The quantitative estimate of drug-likeness (QED) is 0.789. The molecule has 0 aromatic heterocycles. The van der Waals surface area contributed by atoms with E-state index in [2.05, 4.69) is 5.32 Å². The van der Waals surface area contributed by atoms with Gasteiger partial charge in [-0.2, -0.15) is 0 Å². The average molecular weight is 277 g/mol. The van der Waals surface area contributed by atoms with E-state index >= 15 is 0 Å². The number of rotatable bonds is 4. The van der Waals surface area contributed by atoms with Crippen LogP contribution in [0.25, 0.3) is 0 Å². The molecule has 20 heavy (non-hydrogen) atoms. The van der Waals surface area contributed by atoms with E-state index in [1.54, 1.807) is 6.07 Å². The van der Waals surface area contributed by atoms with Gasteiger partial charge in [-0.05, 0) is 24.1 Å². The number of urea groups is 1. The Kier molecular flexibility index (Phi) is 3.67. The SMILES string of the molecule is CCc1ccc(OC)c(C2(CN)NC(=O)N(C)C2=O)c1. The minimum absolute atomic E-state index is 0.0224. The second-order valence-electron chi connectivity index (χ2n) is 4.79. The van der Waals surface area contributed by atoms with Gasteiger partial charge in [0.25, 0.3) is 5.91 Å². The molecule has 1 aromatic rings. The van der Waals surface area contributed by atoms with Crippen LogP contribution in [0.2, 0.25) is 0 Å². The molecular formula is C14H19N3O3. The number of ether oxygens (including phenoxy) is 1. The molecule has 0 bridgehead atoms. The summed E-state index contributed by atoms with van der Waals surface area (Å²) in [7, 11) is 2.96. The highest BCUT2D eigenvalue weighted by Crippen LogP contribution is 2.35. The zero-order valence-electron chi connectivity index (χ0n) is 11.9. The van der Waals surface area contributed by atoms with Gasteiger partial charge in [-0.25, -0.2) is 4.79 Å². The molecule has 1 unspecified atom stereocenters. The molecule has 1 aliphatic rings. The number of carbonyl (C=O) groups is 2. The summed E-state index contributed by atoms with van der Waals surface area (Å²) in [6, 6.07) is 5.13. The number of nitrogens with one attached hydrogen (secondary N) is 1. The first kappa shape index (κ1) is 14.3. The van der Waals surface area contributed by atoms with Crippen molar-refractivity contribution in [2.75, 3.05) is 20.7 Å². The molecule has 1 saturated heterocycles. The number of likely N-dealkylation sites (N-methyl/N-ethyl adjacent to an activating group) is 1. The molecule has 3 amide bonds. The van der Waals surface area contributed by atoms with Crippen molar-refractivity contribution in [3.05, 3.63) is 29.3 Å². The van der Waals surface area contributed by atoms with Gasteiger partial charge in [0.15, 0.2) is 5.54 Å². The van der Waals surface area contributed by atoms with E-state index in [1.165, 1.54) is 14.2 Å². The molecular weight excluding hydrogens is 258 g/mol. The lowest BCUT2D eigenvalue weighted by atomic mass is 9.87. The van der Waals surface area contributed by atoms with E-state index in [0.717, 1.165) is 16.9 Å². The minimum Gasteiger partial charge on any atom is -0.496 e. The molecule has 3 N–H and O–H groups in total.